The molecule has 2 aliphatic carbocycles. The number of piperidine rings is 2. The largest absolute Gasteiger partial charge is 0.480 e. The first-order valence-corrected chi connectivity index (χ1v) is 12.3. The summed E-state index contributed by atoms with van der Waals surface area (Å²) in [5, 5.41) is 38.0. The van der Waals surface area contributed by atoms with Crippen LogP contribution >= 0.6 is 0 Å². The average Bonchev–Trinajstić information content (AvgIpc) is 3.42. The van der Waals surface area contributed by atoms with Gasteiger partial charge >= 0.3 is 24.1 Å². The third kappa shape index (κ3) is 5.69. The molecule has 2 amide bonds. The van der Waals surface area contributed by atoms with Gasteiger partial charge in [-0.05, 0) is 79.1 Å². The lowest BCUT2D eigenvalue weighted by atomic mass is 9.98. The number of fused-ring (bicyclic) bond motifs is 4. The van der Waals surface area contributed by atoms with E-state index >= 15 is 0 Å². The van der Waals surface area contributed by atoms with Gasteiger partial charge in [0.05, 0.1) is 24.3 Å². The molecular weight excluding hydrogens is 476 g/mol. The minimum atomic E-state index is -1.03. The molecule has 4 rings (SSSR count). The lowest BCUT2D eigenvalue weighted by Gasteiger charge is -2.36. The van der Waals surface area contributed by atoms with Gasteiger partial charge in [-0.1, -0.05) is 0 Å². The van der Waals surface area contributed by atoms with Crippen LogP contribution in [0.3, 0.4) is 0 Å². The first-order valence-electron chi connectivity index (χ1n) is 12.3. The second-order valence-corrected chi connectivity index (χ2v) is 12.1. The number of ether oxygens (including phenoxy) is 2. The lowest BCUT2D eigenvalue weighted by molar-refractivity contribution is -0.147. The zero-order valence-corrected chi connectivity index (χ0v) is 21.6. The highest BCUT2D eigenvalue weighted by molar-refractivity contribution is 5.83. The molecule has 2 heterocycles. The molecule has 12 nitrogen and oxygen atoms in total. The molecule has 8 atom stereocenters. The molecule has 0 aromatic carbocycles. The summed E-state index contributed by atoms with van der Waals surface area (Å²) in [6, 6.07) is -2.58. The van der Waals surface area contributed by atoms with Crippen LogP contribution in [0.2, 0.25) is 0 Å². The zero-order valence-electron chi connectivity index (χ0n) is 21.6. The van der Waals surface area contributed by atoms with Crippen LogP contribution in [-0.4, -0.2) is 102 Å². The third-order valence-corrected chi connectivity index (χ3v) is 6.99. The summed E-state index contributed by atoms with van der Waals surface area (Å²) in [5.41, 5.74) is -1.35. The van der Waals surface area contributed by atoms with Crippen LogP contribution < -0.4 is 0 Å². The molecule has 0 aromatic rings. The van der Waals surface area contributed by atoms with Crippen LogP contribution in [0.5, 0.6) is 0 Å². The summed E-state index contributed by atoms with van der Waals surface area (Å²) in [6.45, 7) is 10.4. The topological polar surface area (TPSA) is 174 Å². The van der Waals surface area contributed by atoms with Crippen molar-refractivity contribution in [3.05, 3.63) is 0 Å². The Kier molecular flexibility index (Phi) is 7.54. The predicted molar refractivity (Wildman–Crippen MR) is 124 cm³/mol. The van der Waals surface area contributed by atoms with Gasteiger partial charge in [0.25, 0.3) is 0 Å². The monoisotopic (exact) mass is 514 g/mol. The number of nitrogens with zero attached hydrogens (tertiary/aromatic N) is 2. The Hall–Kier alpha value is -2.60. The van der Waals surface area contributed by atoms with Gasteiger partial charge in [0, 0.05) is 0 Å². The molecular formula is C24H38N2O10. The SMILES string of the molecule is CC(C)(C)OC(=O)N1[C@@H]2C[C@@H](C[C@H]2O)[C@@H]1C(=O)O.CC(C)(C)OC(=O)N1[C@H](C(=O)O)[C@H]2C[C@H](O)[C@@H]1C2. The van der Waals surface area contributed by atoms with Crippen molar-refractivity contribution >= 4 is 24.1 Å². The fourth-order valence-corrected chi connectivity index (χ4v) is 5.81. The van der Waals surface area contributed by atoms with E-state index in [1.54, 1.807) is 41.5 Å². The molecule has 4 aliphatic rings. The van der Waals surface area contributed by atoms with E-state index in [0.29, 0.717) is 25.7 Å². The van der Waals surface area contributed by atoms with Crippen molar-refractivity contribution < 1.29 is 49.1 Å². The molecule has 36 heavy (non-hydrogen) atoms. The van der Waals surface area contributed by atoms with Gasteiger partial charge in [0.15, 0.2) is 0 Å². The molecule has 2 saturated heterocycles. The molecule has 2 aliphatic heterocycles. The van der Waals surface area contributed by atoms with E-state index in [0.717, 1.165) is 0 Å². The van der Waals surface area contributed by atoms with Crippen molar-refractivity contribution in [1.82, 2.24) is 9.80 Å². The quantitative estimate of drug-likeness (QED) is 0.424. The number of carbonyl (C=O) groups excluding carboxylic acids is 2. The summed E-state index contributed by atoms with van der Waals surface area (Å²) in [4.78, 5) is 49.0. The molecule has 4 fully saturated rings. The Bertz CT molecular complexity index is 822. The number of hydrogen-bond donors (Lipinski definition) is 4. The van der Waals surface area contributed by atoms with Crippen LogP contribution in [0.25, 0.3) is 0 Å². The summed E-state index contributed by atoms with van der Waals surface area (Å²) >= 11 is 0. The molecule has 0 radical (unpaired) electrons. The first-order chi connectivity index (χ1) is 16.4. The van der Waals surface area contributed by atoms with Crippen molar-refractivity contribution in [2.75, 3.05) is 0 Å². The standard InChI is InChI=1S/2C12H19NO5/c2*1-12(2,3)18-11(17)13-7-4-6(5-8(7)14)9(13)10(15)16/h2*6-9,14H,4-5H2,1-3H3,(H,15,16)/t2*6-,7+,8+,9+/m10/s1. The molecule has 0 unspecified atom stereocenters. The zero-order chi connectivity index (χ0) is 27.3. The number of aliphatic hydroxyl groups excluding tert-OH is 2. The highest BCUT2D eigenvalue weighted by atomic mass is 16.6. The lowest BCUT2D eigenvalue weighted by Crippen LogP contribution is -2.54. The van der Waals surface area contributed by atoms with E-state index in [1.165, 1.54) is 9.80 Å². The van der Waals surface area contributed by atoms with E-state index in [1.807, 2.05) is 0 Å². The Morgan fingerprint density at radius 1 is 0.639 bits per heavy atom. The van der Waals surface area contributed by atoms with Crippen molar-refractivity contribution in [2.45, 2.75) is 115 Å². The van der Waals surface area contributed by atoms with Gasteiger partial charge in [-0.2, -0.15) is 0 Å². The van der Waals surface area contributed by atoms with Gasteiger partial charge in [-0.3, -0.25) is 9.80 Å². The van der Waals surface area contributed by atoms with Crippen LogP contribution in [0, 0.1) is 11.8 Å². The number of carbonyl (C=O) groups is 4. The highest BCUT2D eigenvalue weighted by Gasteiger charge is 2.57. The number of amides is 2. The number of aliphatic carboxylic acids is 2. The third-order valence-electron chi connectivity index (χ3n) is 6.99. The van der Waals surface area contributed by atoms with Gasteiger partial charge in [-0.15, -0.1) is 0 Å². The van der Waals surface area contributed by atoms with Crippen LogP contribution in [-0.2, 0) is 19.1 Å². The second kappa shape index (κ2) is 9.70. The Morgan fingerprint density at radius 2 is 0.944 bits per heavy atom. The van der Waals surface area contributed by atoms with Crippen molar-refractivity contribution in [1.29, 1.82) is 0 Å². The number of likely N-dealkylation sites (tertiary alicyclic amines) is 2. The Morgan fingerprint density at radius 3 is 1.19 bits per heavy atom. The van der Waals surface area contributed by atoms with Gasteiger partial charge in [0.1, 0.15) is 23.3 Å². The van der Waals surface area contributed by atoms with Gasteiger partial charge < -0.3 is 29.9 Å². The summed E-state index contributed by atoms with van der Waals surface area (Å²) < 4.78 is 10.4. The Balaban J connectivity index is 0.000000201. The predicted octanol–water partition coefficient (Wildman–Crippen LogP) is 1.66. The van der Waals surface area contributed by atoms with Crippen molar-refractivity contribution in [3.63, 3.8) is 0 Å². The van der Waals surface area contributed by atoms with Crippen LogP contribution in [0.4, 0.5) is 9.59 Å². The van der Waals surface area contributed by atoms with Crippen molar-refractivity contribution in [2.24, 2.45) is 11.8 Å². The Labute approximate surface area is 210 Å². The maximum Gasteiger partial charge on any atom is 0.411 e. The van der Waals surface area contributed by atoms with Gasteiger partial charge in [-0.25, -0.2) is 19.2 Å². The summed E-state index contributed by atoms with van der Waals surface area (Å²) in [6.07, 6.45) is -0.616. The fraction of sp³-hybridized carbons (Fsp3) is 0.833. The molecule has 0 aromatic heterocycles. The van der Waals surface area contributed by atoms with E-state index in [-0.39, 0.29) is 11.8 Å². The first kappa shape index (κ1) is 28.0. The molecule has 2 saturated carbocycles. The molecule has 204 valence electrons. The van der Waals surface area contributed by atoms with E-state index < -0.39 is 71.7 Å². The van der Waals surface area contributed by atoms with Crippen LogP contribution in [0.15, 0.2) is 0 Å². The maximum atomic E-state index is 12.0. The summed E-state index contributed by atoms with van der Waals surface area (Å²) in [7, 11) is 0. The molecule has 12 heteroatoms. The molecule has 4 N–H and O–H groups in total. The fourth-order valence-electron chi connectivity index (χ4n) is 5.81. The maximum absolute atomic E-state index is 12.0. The highest BCUT2D eigenvalue weighted by Crippen LogP contribution is 2.44. The molecule has 4 bridgehead atoms. The van der Waals surface area contributed by atoms with Gasteiger partial charge in [0.2, 0.25) is 0 Å². The van der Waals surface area contributed by atoms with Crippen LogP contribution in [0.1, 0.15) is 67.2 Å². The minimum absolute atomic E-state index is 0.171. The normalized spacial score (nSPS) is 34.8. The number of carboxylic acids is 2. The smallest absolute Gasteiger partial charge is 0.411 e. The second-order valence-electron chi connectivity index (χ2n) is 12.1. The van der Waals surface area contributed by atoms with E-state index in [9.17, 15) is 39.6 Å². The van der Waals surface area contributed by atoms with Crippen molar-refractivity contribution in [3.8, 4) is 0 Å². The number of rotatable bonds is 2. The number of hydrogen-bond acceptors (Lipinski definition) is 8. The summed E-state index contributed by atoms with van der Waals surface area (Å²) in [5.74, 6) is -2.40. The van der Waals surface area contributed by atoms with E-state index in [4.69, 9.17) is 9.47 Å². The average molecular weight is 515 g/mol. The minimum Gasteiger partial charge on any atom is -0.480 e. The van der Waals surface area contributed by atoms with E-state index in [2.05, 4.69) is 0 Å². The number of carboxylic acid groups (broad SMARTS) is 2. The molecule has 0 spiro atoms. The number of aliphatic hydroxyl groups is 2.